The van der Waals surface area contributed by atoms with E-state index in [4.69, 9.17) is 10.2 Å². The van der Waals surface area contributed by atoms with Crippen molar-refractivity contribution < 1.29 is 19.8 Å². The van der Waals surface area contributed by atoms with Crippen molar-refractivity contribution in [2.24, 2.45) is 7.05 Å². The number of carbonyl (C=O) groups is 2. The number of benzene rings is 1. The number of hydrogen-bond donors (Lipinski definition) is 2. The zero-order valence-corrected chi connectivity index (χ0v) is 11.4. The van der Waals surface area contributed by atoms with Crippen LogP contribution in [0.3, 0.4) is 0 Å². The van der Waals surface area contributed by atoms with Crippen molar-refractivity contribution in [3.8, 4) is 0 Å². The first-order valence-corrected chi connectivity index (χ1v) is 6.28. The summed E-state index contributed by atoms with van der Waals surface area (Å²) in [6.07, 6.45) is 1.51. The Hall–Kier alpha value is -2.67. The van der Waals surface area contributed by atoms with Gasteiger partial charge in [-0.05, 0) is 30.3 Å². The topological polar surface area (TPSA) is 95.7 Å². The summed E-state index contributed by atoms with van der Waals surface area (Å²) in [7, 11) is 1.65. The molecule has 0 spiro atoms. The first-order valence-electron chi connectivity index (χ1n) is 6.28. The molecule has 7 nitrogen and oxygen atoms in total. The standard InChI is InChI=1S/C14H15N3O4/c1-16-12(6-7-15-16)13(19)17(8-9-18)11-4-2-10(3-5-11)14(20)21/h2-7,18H,8-9H2,1H3,(H,20,21). The minimum atomic E-state index is -1.03. The second-order valence-corrected chi connectivity index (χ2v) is 4.37. The van der Waals surface area contributed by atoms with E-state index in [1.807, 2.05) is 0 Å². The van der Waals surface area contributed by atoms with Crippen LogP contribution >= 0.6 is 0 Å². The number of aliphatic hydroxyl groups excluding tert-OH is 1. The molecule has 1 aromatic heterocycles. The molecule has 0 unspecified atom stereocenters. The molecule has 0 saturated heterocycles. The number of carbonyl (C=O) groups excluding carboxylic acids is 1. The van der Waals surface area contributed by atoms with Gasteiger partial charge in [0.2, 0.25) is 0 Å². The second-order valence-electron chi connectivity index (χ2n) is 4.37. The molecule has 0 aliphatic heterocycles. The second kappa shape index (κ2) is 6.19. The Kier molecular flexibility index (Phi) is 4.34. The third-order valence-electron chi connectivity index (χ3n) is 3.03. The Balaban J connectivity index is 2.32. The van der Waals surface area contributed by atoms with Crippen LogP contribution in [-0.2, 0) is 7.05 Å². The zero-order valence-electron chi connectivity index (χ0n) is 11.4. The maximum Gasteiger partial charge on any atom is 0.335 e. The number of anilines is 1. The lowest BCUT2D eigenvalue weighted by molar-refractivity contribution is 0.0696. The van der Waals surface area contributed by atoms with Crippen molar-refractivity contribution in [2.45, 2.75) is 0 Å². The predicted molar refractivity (Wildman–Crippen MR) is 75.4 cm³/mol. The zero-order chi connectivity index (χ0) is 15.4. The van der Waals surface area contributed by atoms with Gasteiger partial charge in [-0.1, -0.05) is 0 Å². The molecule has 0 aliphatic rings. The lowest BCUT2D eigenvalue weighted by atomic mass is 10.2. The number of carboxylic acids is 1. The van der Waals surface area contributed by atoms with Gasteiger partial charge < -0.3 is 15.1 Å². The predicted octanol–water partition coefficient (Wildman–Crippen LogP) is 0.757. The smallest absolute Gasteiger partial charge is 0.335 e. The number of amides is 1. The van der Waals surface area contributed by atoms with Gasteiger partial charge in [0.05, 0.1) is 12.2 Å². The van der Waals surface area contributed by atoms with Gasteiger partial charge in [-0.2, -0.15) is 5.10 Å². The van der Waals surface area contributed by atoms with Crippen LogP contribution in [0.4, 0.5) is 5.69 Å². The van der Waals surface area contributed by atoms with E-state index < -0.39 is 5.97 Å². The Bertz CT molecular complexity index is 648. The number of hydrogen-bond acceptors (Lipinski definition) is 4. The van der Waals surface area contributed by atoms with Crippen molar-refractivity contribution in [3.05, 3.63) is 47.8 Å². The highest BCUT2D eigenvalue weighted by molar-refractivity contribution is 6.05. The average molecular weight is 289 g/mol. The molecule has 0 aliphatic carbocycles. The normalized spacial score (nSPS) is 10.4. The van der Waals surface area contributed by atoms with Gasteiger partial charge in [0.25, 0.3) is 5.91 Å². The number of nitrogens with zero attached hydrogens (tertiary/aromatic N) is 3. The van der Waals surface area contributed by atoms with Crippen molar-refractivity contribution in [1.82, 2.24) is 9.78 Å². The highest BCUT2D eigenvalue weighted by Gasteiger charge is 2.20. The molecular formula is C14H15N3O4. The number of aromatic nitrogens is 2. The van der Waals surface area contributed by atoms with E-state index in [0.29, 0.717) is 11.4 Å². The Morgan fingerprint density at radius 3 is 2.38 bits per heavy atom. The van der Waals surface area contributed by atoms with E-state index in [9.17, 15) is 9.59 Å². The molecule has 0 atom stereocenters. The van der Waals surface area contributed by atoms with Gasteiger partial charge in [0, 0.05) is 25.5 Å². The molecule has 1 amide bonds. The highest BCUT2D eigenvalue weighted by Crippen LogP contribution is 2.18. The fourth-order valence-electron chi connectivity index (χ4n) is 1.95. The lowest BCUT2D eigenvalue weighted by Crippen LogP contribution is -2.34. The molecule has 21 heavy (non-hydrogen) atoms. The summed E-state index contributed by atoms with van der Waals surface area (Å²) in [6, 6.07) is 7.48. The van der Waals surface area contributed by atoms with Crippen LogP contribution in [-0.4, -0.2) is 45.0 Å². The summed E-state index contributed by atoms with van der Waals surface area (Å²) in [6.45, 7) is -0.0965. The monoisotopic (exact) mass is 289 g/mol. The van der Waals surface area contributed by atoms with Crippen LogP contribution in [0, 0.1) is 0 Å². The molecule has 110 valence electrons. The molecular weight excluding hydrogens is 274 g/mol. The van der Waals surface area contributed by atoms with Gasteiger partial charge in [-0.25, -0.2) is 4.79 Å². The van der Waals surface area contributed by atoms with E-state index in [1.54, 1.807) is 13.1 Å². The third-order valence-corrected chi connectivity index (χ3v) is 3.03. The minimum Gasteiger partial charge on any atom is -0.478 e. The van der Waals surface area contributed by atoms with Crippen LogP contribution in [0.15, 0.2) is 36.5 Å². The van der Waals surface area contributed by atoms with Crippen molar-refractivity contribution in [2.75, 3.05) is 18.1 Å². The van der Waals surface area contributed by atoms with Crippen molar-refractivity contribution >= 4 is 17.6 Å². The molecule has 0 bridgehead atoms. The number of carboxylic acid groups (broad SMARTS) is 1. The Labute approximate surface area is 121 Å². The highest BCUT2D eigenvalue weighted by atomic mass is 16.4. The number of aryl methyl sites for hydroxylation is 1. The molecule has 2 rings (SSSR count). The summed E-state index contributed by atoms with van der Waals surface area (Å²) < 4.78 is 1.44. The fourth-order valence-corrected chi connectivity index (χ4v) is 1.95. The molecule has 0 saturated carbocycles. The van der Waals surface area contributed by atoms with Crippen molar-refractivity contribution in [3.63, 3.8) is 0 Å². The van der Waals surface area contributed by atoms with Crippen molar-refractivity contribution in [1.29, 1.82) is 0 Å². The van der Waals surface area contributed by atoms with Crippen LogP contribution in [0.5, 0.6) is 0 Å². The molecule has 0 fully saturated rings. The van der Waals surface area contributed by atoms with E-state index in [2.05, 4.69) is 5.10 Å². The first kappa shape index (κ1) is 14.7. The van der Waals surface area contributed by atoms with E-state index in [-0.39, 0.29) is 24.6 Å². The average Bonchev–Trinajstić information content (AvgIpc) is 2.90. The number of aliphatic hydroxyl groups is 1. The Morgan fingerprint density at radius 2 is 1.90 bits per heavy atom. The quantitative estimate of drug-likeness (QED) is 0.847. The third kappa shape index (κ3) is 3.09. The van der Waals surface area contributed by atoms with Gasteiger partial charge in [0.1, 0.15) is 5.69 Å². The van der Waals surface area contributed by atoms with Crippen LogP contribution in [0.1, 0.15) is 20.8 Å². The van der Waals surface area contributed by atoms with Crippen LogP contribution < -0.4 is 4.90 Å². The summed E-state index contributed by atoms with van der Waals surface area (Å²) in [5, 5.41) is 22.0. The van der Waals surface area contributed by atoms with Gasteiger partial charge >= 0.3 is 5.97 Å². The summed E-state index contributed by atoms with van der Waals surface area (Å²) >= 11 is 0. The molecule has 7 heteroatoms. The SMILES string of the molecule is Cn1nccc1C(=O)N(CCO)c1ccc(C(=O)O)cc1. The molecule has 0 radical (unpaired) electrons. The van der Waals surface area contributed by atoms with Gasteiger partial charge in [-0.15, -0.1) is 0 Å². The molecule has 1 heterocycles. The maximum atomic E-state index is 12.5. The minimum absolute atomic E-state index is 0.108. The Morgan fingerprint density at radius 1 is 1.24 bits per heavy atom. The van der Waals surface area contributed by atoms with Gasteiger partial charge in [0.15, 0.2) is 0 Å². The number of rotatable bonds is 5. The first-order chi connectivity index (χ1) is 10.0. The maximum absolute atomic E-state index is 12.5. The van der Waals surface area contributed by atoms with E-state index in [1.165, 1.54) is 40.0 Å². The van der Waals surface area contributed by atoms with E-state index >= 15 is 0 Å². The largest absolute Gasteiger partial charge is 0.478 e. The lowest BCUT2D eigenvalue weighted by Gasteiger charge is -2.22. The van der Waals surface area contributed by atoms with E-state index in [0.717, 1.165) is 0 Å². The van der Waals surface area contributed by atoms with Gasteiger partial charge in [-0.3, -0.25) is 9.48 Å². The summed E-state index contributed by atoms with van der Waals surface area (Å²) in [5.74, 6) is -1.35. The van der Waals surface area contributed by atoms with Crippen LogP contribution in [0.2, 0.25) is 0 Å². The summed E-state index contributed by atoms with van der Waals surface area (Å²) in [5.41, 5.74) is 1.03. The molecule has 1 aromatic carbocycles. The molecule has 2 N–H and O–H groups in total. The van der Waals surface area contributed by atoms with Crippen LogP contribution in [0.25, 0.3) is 0 Å². The molecule has 2 aromatic rings. The summed E-state index contributed by atoms with van der Waals surface area (Å²) in [4.78, 5) is 24.7. The number of aromatic carboxylic acids is 1. The fraction of sp³-hybridized carbons (Fsp3) is 0.214.